The molecule has 7 heteroatoms. The van der Waals surface area contributed by atoms with Crippen molar-refractivity contribution >= 4 is 34.0 Å². The van der Waals surface area contributed by atoms with Crippen molar-refractivity contribution in [3.63, 3.8) is 0 Å². The average molecular weight is 479 g/mol. The van der Waals surface area contributed by atoms with E-state index >= 15 is 0 Å². The van der Waals surface area contributed by atoms with Crippen LogP contribution in [-0.4, -0.2) is 39.4 Å². The van der Waals surface area contributed by atoms with Crippen molar-refractivity contribution in [2.75, 3.05) is 18.8 Å². The molecule has 1 aliphatic rings. The lowest BCUT2D eigenvalue weighted by molar-refractivity contribution is -0.115. The van der Waals surface area contributed by atoms with Crippen molar-refractivity contribution in [2.45, 2.75) is 57.7 Å². The molecule has 2 atom stereocenters. The number of carbonyl (C=O) groups is 1. The first kappa shape index (κ1) is 25.5. The Morgan fingerprint density at radius 1 is 1.24 bits per heavy atom. The third kappa shape index (κ3) is 5.51. The predicted molar refractivity (Wildman–Crippen MR) is 141 cm³/mol. The topological polar surface area (TPSA) is 78.1 Å². The largest absolute Gasteiger partial charge is 0.351 e. The third-order valence-electron chi connectivity index (χ3n) is 6.24. The molecular formula is C27H34N4O2S. The lowest BCUT2D eigenvalue weighted by atomic mass is 9.92. The van der Waals surface area contributed by atoms with Crippen LogP contribution in [-0.2, 0) is 15.8 Å². The molecule has 2 unspecified atom stereocenters. The summed E-state index contributed by atoms with van der Waals surface area (Å²) in [4.78, 5) is 10.9. The highest BCUT2D eigenvalue weighted by atomic mass is 32.2. The number of aryl methyl sites for hydroxylation is 1. The van der Waals surface area contributed by atoms with E-state index in [9.17, 15) is 14.3 Å². The molecule has 1 aromatic heterocycles. The highest BCUT2D eigenvalue weighted by Gasteiger charge is 2.27. The summed E-state index contributed by atoms with van der Waals surface area (Å²) in [7, 11) is 2.28. The van der Waals surface area contributed by atoms with Crippen LogP contribution in [0.3, 0.4) is 0 Å². The number of fused-ring (bicyclic) bond motifs is 1. The van der Waals surface area contributed by atoms with Crippen molar-refractivity contribution in [1.29, 1.82) is 5.26 Å². The molecule has 0 aliphatic heterocycles. The summed E-state index contributed by atoms with van der Waals surface area (Å²) >= 11 is 0. The fourth-order valence-electron chi connectivity index (χ4n) is 3.91. The zero-order valence-electron chi connectivity index (χ0n) is 20.7. The van der Waals surface area contributed by atoms with Gasteiger partial charge in [0.1, 0.15) is 17.1 Å². The van der Waals surface area contributed by atoms with Crippen LogP contribution in [0.5, 0.6) is 0 Å². The molecule has 6 nitrogen and oxygen atoms in total. The SMILES string of the molecule is CCC(C)S(=O)Nc1ccc(-c2c(C#N)c3ccc(C)cc3n2C2CCC2)cc1.CN(C)C=O. The van der Waals surface area contributed by atoms with E-state index in [0.717, 1.165) is 59.1 Å². The number of amides is 1. The van der Waals surface area contributed by atoms with Gasteiger partial charge in [-0.05, 0) is 68.9 Å². The van der Waals surface area contributed by atoms with E-state index in [1.165, 1.54) is 16.9 Å². The van der Waals surface area contributed by atoms with Crippen LogP contribution in [0.4, 0.5) is 5.69 Å². The van der Waals surface area contributed by atoms with E-state index in [1.54, 1.807) is 14.1 Å². The highest BCUT2D eigenvalue weighted by Crippen LogP contribution is 2.42. The van der Waals surface area contributed by atoms with Gasteiger partial charge in [-0.15, -0.1) is 0 Å². The van der Waals surface area contributed by atoms with E-state index < -0.39 is 11.0 Å². The summed E-state index contributed by atoms with van der Waals surface area (Å²) in [6.07, 6.45) is 5.16. The van der Waals surface area contributed by atoms with Gasteiger partial charge in [0, 0.05) is 31.2 Å². The molecule has 0 radical (unpaired) electrons. The van der Waals surface area contributed by atoms with Gasteiger partial charge in [-0.2, -0.15) is 5.26 Å². The fourth-order valence-corrected chi connectivity index (χ4v) is 4.78. The third-order valence-corrected chi connectivity index (χ3v) is 7.74. The standard InChI is InChI=1S/C24H27N3OS.C3H7NO/c1-4-17(3)29(28)26-19-11-9-18(10-12-19)24-22(15-25)21-13-8-16(2)14-23(21)27(24)20-6-5-7-20;1-4(2)3-5/h8-14,17,20,26H,4-7H2,1-3H3;3H,1-2H3. The number of hydrogen-bond donors (Lipinski definition) is 1. The van der Waals surface area contributed by atoms with Gasteiger partial charge < -0.3 is 14.2 Å². The summed E-state index contributed by atoms with van der Waals surface area (Å²) in [6, 6.07) is 17.3. The molecule has 0 saturated heterocycles. The van der Waals surface area contributed by atoms with Gasteiger partial charge >= 0.3 is 0 Å². The van der Waals surface area contributed by atoms with Gasteiger partial charge in [-0.1, -0.05) is 31.2 Å². The molecule has 180 valence electrons. The Morgan fingerprint density at radius 3 is 2.38 bits per heavy atom. The molecule has 34 heavy (non-hydrogen) atoms. The number of anilines is 1. The summed E-state index contributed by atoms with van der Waals surface area (Å²) in [6.45, 7) is 6.12. The van der Waals surface area contributed by atoms with Gasteiger partial charge in [-0.3, -0.25) is 4.79 Å². The summed E-state index contributed by atoms with van der Waals surface area (Å²) < 4.78 is 17.8. The van der Waals surface area contributed by atoms with E-state index in [4.69, 9.17) is 0 Å². The molecule has 3 aromatic rings. The first-order valence-corrected chi connectivity index (χ1v) is 13.0. The van der Waals surface area contributed by atoms with Crippen LogP contribution >= 0.6 is 0 Å². The lowest BCUT2D eigenvalue weighted by Crippen LogP contribution is -2.18. The Morgan fingerprint density at radius 2 is 1.88 bits per heavy atom. The number of carbonyl (C=O) groups excluding carboxylic acids is 1. The van der Waals surface area contributed by atoms with Gasteiger partial charge in [-0.25, -0.2) is 4.21 Å². The number of nitriles is 1. The minimum atomic E-state index is -1.10. The van der Waals surface area contributed by atoms with Crippen molar-refractivity contribution < 1.29 is 9.00 Å². The second-order valence-electron chi connectivity index (χ2n) is 9.08. The number of benzene rings is 2. The second-order valence-corrected chi connectivity index (χ2v) is 10.7. The van der Waals surface area contributed by atoms with Gasteiger partial charge in [0.05, 0.1) is 22.0 Å². The number of nitrogens with zero attached hydrogens (tertiary/aromatic N) is 3. The van der Waals surface area contributed by atoms with E-state index in [2.05, 4.69) is 40.5 Å². The van der Waals surface area contributed by atoms with Crippen molar-refractivity contribution in [2.24, 2.45) is 0 Å². The van der Waals surface area contributed by atoms with Gasteiger partial charge in [0.15, 0.2) is 0 Å². The normalized spacial score (nSPS) is 14.8. The molecule has 1 amide bonds. The Bertz CT molecular complexity index is 1200. The lowest BCUT2D eigenvalue weighted by Gasteiger charge is -2.30. The summed E-state index contributed by atoms with van der Waals surface area (Å²) in [5.41, 5.74) is 5.98. The number of rotatable bonds is 7. The molecule has 0 bridgehead atoms. The van der Waals surface area contributed by atoms with E-state index in [0.29, 0.717) is 6.04 Å². The van der Waals surface area contributed by atoms with Crippen LogP contribution in [0, 0.1) is 18.3 Å². The molecular weight excluding hydrogens is 444 g/mol. The fraction of sp³-hybridized carbons (Fsp3) is 0.407. The molecule has 0 spiro atoms. The van der Waals surface area contributed by atoms with Crippen molar-refractivity contribution in [1.82, 2.24) is 9.47 Å². The predicted octanol–water partition coefficient (Wildman–Crippen LogP) is 5.79. The molecule has 4 rings (SSSR count). The maximum atomic E-state index is 12.3. The molecule has 1 aliphatic carbocycles. The van der Waals surface area contributed by atoms with Crippen LogP contribution in [0.1, 0.15) is 56.7 Å². The Kier molecular flexibility index (Phi) is 8.51. The Balaban J connectivity index is 0.000000588. The minimum Gasteiger partial charge on any atom is -0.351 e. The van der Waals surface area contributed by atoms with Crippen LogP contribution in [0.15, 0.2) is 42.5 Å². The zero-order valence-corrected chi connectivity index (χ0v) is 21.5. The maximum Gasteiger partial charge on any atom is 0.209 e. The molecule has 1 N–H and O–H groups in total. The zero-order chi connectivity index (χ0) is 24.8. The van der Waals surface area contributed by atoms with Gasteiger partial charge in [0.25, 0.3) is 0 Å². The maximum absolute atomic E-state index is 12.3. The number of aromatic nitrogens is 1. The van der Waals surface area contributed by atoms with Gasteiger partial charge in [0.2, 0.25) is 6.41 Å². The van der Waals surface area contributed by atoms with E-state index in [-0.39, 0.29) is 5.25 Å². The summed E-state index contributed by atoms with van der Waals surface area (Å²) in [5, 5.41) is 11.1. The number of hydrogen-bond acceptors (Lipinski definition) is 3. The van der Waals surface area contributed by atoms with Crippen molar-refractivity contribution in [3.05, 3.63) is 53.6 Å². The Hall–Kier alpha value is -3.11. The average Bonchev–Trinajstić information content (AvgIpc) is 3.11. The van der Waals surface area contributed by atoms with Crippen molar-refractivity contribution in [3.8, 4) is 17.3 Å². The molecule has 1 fully saturated rings. The second kappa shape index (κ2) is 11.3. The first-order chi connectivity index (χ1) is 16.3. The monoisotopic (exact) mass is 478 g/mol. The molecule has 1 saturated carbocycles. The van der Waals surface area contributed by atoms with Crippen LogP contribution in [0.2, 0.25) is 0 Å². The summed E-state index contributed by atoms with van der Waals surface area (Å²) in [5.74, 6) is 0. The first-order valence-electron chi connectivity index (χ1n) is 11.7. The minimum absolute atomic E-state index is 0.101. The molecule has 2 aromatic carbocycles. The van der Waals surface area contributed by atoms with Crippen LogP contribution < -0.4 is 4.72 Å². The quantitative estimate of drug-likeness (QED) is 0.437. The number of nitrogens with one attached hydrogen (secondary N) is 1. The molecule has 1 heterocycles. The smallest absolute Gasteiger partial charge is 0.209 e. The highest BCUT2D eigenvalue weighted by molar-refractivity contribution is 7.87. The Labute approximate surface area is 205 Å². The van der Waals surface area contributed by atoms with Crippen LogP contribution in [0.25, 0.3) is 22.2 Å². The van der Waals surface area contributed by atoms with E-state index in [1.807, 2.05) is 38.1 Å².